The van der Waals surface area contributed by atoms with Crippen LogP contribution in [0.25, 0.3) is 11.3 Å². The Morgan fingerprint density at radius 3 is 1.45 bits per heavy atom. The van der Waals surface area contributed by atoms with E-state index in [1.54, 1.807) is 50.8 Å². The minimum absolute atomic E-state index is 0.344. The van der Waals surface area contributed by atoms with Crippen LogP contribution in [-0.4, -0.2) is 118 Å². The summed E-state index contributed by atoms with van der Waals surface area (Å²) < 4.78 is 78.2. The Morgan fingerprint density at radius 2 is 1.06 bits per heavy atom. The van der Waals surface area contributed by atoms with Gasteiger partial charge in [-0.3, -0.25) is 9.59 Å². The van der Waals surface area contributed by atoms with E-state index < -0.39 is 24.1 Å². The van der Waals surface area contributed by atoms with Gasteiger partial charge in [0.15, 0.2) is 11.3 Å². The van der Waals surface area contributed by atoms with Gasteiger partial charge in [-0.1, -0.05) is 0 Å². The normalized spacial score (nSPS) is 20.4. The molecular formula is C44H46F4N10O6. The van der Waals surface area contributed by atoms with Gasteiger partial charge in [0.1, 0.15) is 33.8 Å². The third-order valence-corrected chi connectivity index (χ3v) is 11.6. The van der Waals surface area contributed by atoms with Crippen LogP contribution in [0.2, 0.25) is 0 Å². The fraction of sp³-hybridized carbons (Fsp3) is 0.409. The van der Waals surface area contributed by atoms with Crippen molar-refractivity contribution in [2.45, 2.75) is 63.6 Å². The highest BCUT2D eigenvalue weighted by atomic mass is 19.3. The van der Waals surface area contributed by atoms with Crippen molar-refractivity contribution in [2.75, 3.05) is 73.0 Å². The molecule has 0 aliphatic carbocycles. The summed E-state index contributed by atoms with van der Waals surface area (Å²) in [5.41, 5.74) is 3.94. The number of nitrogens with one attached hydrogen (secondary N) is 2. The van der Waals surface area contributed by atoms with E-state index in [0.717, 1.165) is 22.5 Å². The summed E-state index contributed by atoms with van der Waals surface area (Å²) in [6, 6.07) is 10.8. The van der Waals surface area contributed by atoms with E-state index in [0.29, 0.717) is 111 Å². The number of benzene rings is 2. The Morgan fingerprint density at radius 1 is 0.656 bits per heavy atom. The van der Waals surface area contributed by atoms with Crippen molar-refractivity contribution in [3.63, 3.8) is 0 Å². The van der Waals surface area contributed by atoms with E-state index in [1.165, 1.54) is 21.4 Å². The molecule has 0 radical (unpaired) electrons. The molecule has 4 aliphatic heterocycles. The Balaban J connectivity index is 0.000000162. The number of amides is 2. The van der Waals surface area contributed by atoms with Crippen LogP contribution in [0.4, 0.5) is 40.3 Å². The van der Waals surface area contributed by atoms with Crippen molar-refractivity contribution in [1.29, 1.82) is 0 Å². The molecular weight excluding hydrogens is 841 g/mol. The summed E-state index contributed by atoms with van der Waals surface area (Å²) >= 11 is 0. The standard InChI is InChI=1S/2C22H23F2N5O3/c2*1-22(12-19(23)24)11-14-9-16(17(10-18(14)32-22)28-5-7-31-8-6-28)27-21(30)15-13-26-29-4-2-3-25-20(15)29/h2*2-4,9-10,13,19H,5-8,11-12H2,1H3,(H,27,30)/t2*22-/m10/s1. The lowest BCUT2D eigenvalue weighted by Crippen LogP contribution is -2.36. The van der Waals surface area contributed by atoms with Gasteiger partial charge in [-0.2, -0.15) is 10.2 Å². The lowest BCUT2D eigenvalue weighted by molar-refractivity contribution is 0.0243. The number of alkyl halides is 4. The Kier molecular flexibility index (Phi) is 11.7. The van der Waals surface area contributed by atoms with Crippen LogP contribution in [0, 0.1) is 0 Å². The second-order valence-electron chi connectivity index (χ2n) is 16.6. The SMILES string of the molecule is C[C@@]1(CC(F)F)Cc2cc(NC(=O)c3cnn4cccnc34)c(N3CCOCC3)cc2O1.C[C@]1(CC(F)F)Cc2cc(NC(=O)c3cnn4cccnc34)c(N3CCOCC3)cc2O1. The molecule has 2 atom stereocenters. The van der Waals surface area contributed by atoms with Crippen LogP contribution in [-0.2, 0) is 22.3 Å². The van der Waals surface area contributed by atoms with Gasteiger partial charge in [0.25, 0.3) is 11.8 Å². The topological polar surface area (TPSA) is 162 Å². The van der Waals surface area contributed by atoms with Crippen LogP contribution in [0.3, 0.4) is 0 Å². The first-order valence-corrected chi connectivity index (χ1v) is 21.0. The molecule has 2 amide bonds. The molecule has 64 heavy (non-hydrogen) atoms. The van der Waals surface area contributed by atoms with Gasteiger partial charge >= 0.3 is 0 Å². The molecule has 336 valence electrons. The largest absolute Gasteiger partial charge is 0.487 e. The molecule has 16 nitrogen and oxygen atoms in total. The van der Waals surface area contributed by atoms with Crippen molar-refractivity contribution in [3.8, 4) is 11.5 Å². The van der Waals surface area contributed by atoms with Gasteiger partial charge in [0.05, 0.1) is 61.6 Å². The molecule has 2 N–H and O–H groups in total. The summed E-state index contributed by atoms with van der Waals surface area (Å²) in [6.07, 6.45) is 4.63. The van der Waals surface area contributed by atoms with Crippen molar-refractivity contribution in [2.24, 2.45) is 0 Å². The average molecular weight is 887 g/mol. The Hall–Kier alpha value is -6.54. The smallest absolute Gasteiger partial charge is 0.261 e. The maximum atomic E-state index is 13.1. The van der Waals surface area contributed by atoms with Crippen molar-refractivity contribution in [3.05, 3.63) is 95.8 Å². The van der Waals surface area contributed by atoms with Crippen molar-refractivity contribution >= 4 is 45.9 Å². The zero-order chi connectivity index (χ0) is 44.6. The summed E-state index contributed by atoms with van der Waals surface area (Å²) in [5.74, 6) is 0.459. The highest BCUT2D eigenvalue weighted by molar-refractivity contribution is 6.10. The summed E-state index contributed by atoms with van der Waals surface area (Å²) in [7, 11) is 0. The summed E-state index contributed by atoms with van der Waals surface area (Å²) in [6.45, 7) is 8.22. The number of fused-ring (bicyclic) bond motifs is 4. The predicted molar refractivity (Wildman–Crippen MR) is 228 cm³/mol. The highest BCUT2D eigenvalue weighted by Gasteiger charge is 2.40. The first-order chi connectivity index (χ1) is 30.8. The lowest BCUT2D eigenvalue weighted by Gasteiger charge is -2.31. The fourth-order valence-corrected chi connectivity index (χ4v) is 8.67. The Labute approximate surface area is 364 Å². The maximum absolute atomic E-state index is 13.1. The Bertz CT molecular complexity index is 2500. The molecule has 2 saturated heterocycles. The highest BCUT2D eigenvalue weighted by Crippen LogP contribution is 2.45. The van der Waals surface area contributed by atoms with Gasteiger partial charge in [-0.05, 0) is 38.1 Å². The molecule has 0 saturated carbocycles. The summed E-state index contributed by atoms with van der Waals surface area (Å²) in [4.78, 5) is 38.9. The van der Waals surface area contributed by atoms with Gasteiger partial charge in [-0.15, -0.1) is 0 Å². The number of rotatable bonds is 10. The minimum atomic E-state index is -2.46. The number of nitrogens with zero attached hydrogens (tertiary/aromatic N) is 8. The third kappa shape index (κ3) is 8.96. The molecule has 20 heteroatoms. The quantitative estimate of drug-likeness (QED) is 0.147. The number of halogens is 4. The van der Waals surface area contributed by atoms with Gasteiger partial charge in [0, 0.05) is 99.9 Å². The zero-order valence-electron chi connectivity index (χ0n) is 35.1. The number of ether oxygens (including phenoxy) is 4. The molecule has 0 spiro atoms. The molecule has 4 aromatic heterocycles. The number of hydrogen-bond acceptors (Lipinski definition) is 12. The third-order valence-electron chi connectivity index (χ3n) is 11.6. The van der Waals surface area contributed by atoms with E-state index in [1.807, 2.05) is 24.3 Å². The number of aromatic nitrogens is 6. The van der Waals surface area contributed by atoms with Crippen LogP contribution < -0.4 is 29.9 Å². The van der Waals surface area contributed by atoms with Gasteiger partial charge < -0.3 is 39.4 Å². The van der Waals surface area contributed by atoms with E-state index in [-0.39, 0.29) is 24.7 Å². The van der Waals surface area contributed by atoms with Gasteiger partial charge in [-0.25, -0.2) is 36.6 Å². The zero-order valence-corrected chi connectivity index (χ0v) is 35.1. The molecule has 2 fully saturated rings. The van der Waals surface area contributed by atoms with Gasteiger partial charge in [0.2, 0.25) is 12.9 Å². The minimum Gasteiger partial charge on any atom is -0.487 e. The van der Waals surface area contributed by atoms with E-state index in [4.69, 9.17) is 18.9 Å². The second-order valence-corrected chi connectivity index (χ2v) is 16.6. The van der Waals surface area contributed by atoms with Crippen LogP contribution in [0.15, 0.2) is 73.6 Å². The molecule has 6 aromatic rings. The van der Waals surface area contributed by atoms with Crippen molar-refractivity contribution < 1.29 is 46.1 Å². The first-order valence-electron chi connectivity index (χ1n) is 21.0. The molecule has 10 rings (SSSR count). The van der Waals surface area contributed by atoms with E-state index >= 15 is 0 Å². The fourth-order valence-electron chi connectivity index (χ4n) is 8.67. The predicted octanol–water partition coefficient (Wildman–Crippen LogP) is 6.33. The van der Waals surface area contributed by atoms with E-state index in [2.05, 4.69) is 40.6 Å². The van der Waals surface area contributed by atoms with E-state index in [9.17, 15) is 27.2 Å². The molecule has 0 bridgehead atoms. The van der Waals surface area contributed by atoms with Crippen molar-refractivity contribution in [1.82, 2.24) is 29.2 Å². The lowest BCUT2D eigenvalue weighted by atomic mass is 9.95. The van der Waals surface area contributed by atoms with Crippen LogP contribution in [0.1, 0.15) is 58.5 Å². The number of anilines is 4. The van der Waals surface area contributed by atoms with Crippen LogP contribution in [0.5, 0.6) is 11.5 Å². The second kappa shape index (κ2) is 17.6. The average Bonchev–Trinajstić information content (AvgIpc) is 4.05. The molecule has 8 heterocycles. The number of carbonyl (C=O) groups excluding carboxylic acids is 2. The number of carbonyl (C=O) groups is 2. The first kappa shape index (κ1) is 42.7. The molecule has 4 aliphatic rings. The number of hydrogen-bond donors (Lipinski definition) is 2. The maximum Gasteiger partial charge on any atom is 0.261 e. The summed E-state index contributed by atoms with van der Waals surface area (Å²) in [5, 5.41) is 14.3. The molecule has 2 aromatic carbocycles. The monoisotopic (exact) mass is 886 g/mol. The van der Waals surface area contributed by atoms with Crippen LogP contribution >= 0.6 is 0 Å². The number of morpholine rings is 2. The molecule has 0 unspecified atom stereocenters.